The van der Waals surface area contributed by atoms with E-state index in [0.717, 1.165) is 53.1 Å². The highest BCUT2D eigenvalue weighted by Gasteiger charge is 2.31. The fourth-order valence-corrected chi connectivity index (χ4v) is 6.37. The normalized spacial score (nSPS) is 18.7. The molecule has 3 aromatic heterocycles. The van der Waals surface area contributed by atoms with Gasteiger partial charge in [0.05, 0.1) is 23.9 Å². The van der Waals surface area contributed by atoms with E-state index in [1.807, 2.05) is 50.2 Å². The van der Waals surface area contributed by atoms with E-state index in [-0.39, 0.29) is 18.6 Å². The minimum absolute atomic E-state index is 0.0188. The number of rotatable bonds is 7. The Kier molecular flexibility index (Phi) is 7.37. The Morgan fingerprint density at radius 2 is 1.98 bits per heavy atom. The highest BCUT2D eigenvalue weighted by atomic mass is 16.5. The number of aromatic nitrogens is 3. The third-order valence-corrected chi connectivity index (χ3v) is 8.16. The second-order valence-electron chi connectivity index (χ2n) is 11.4. The lowest BCUT2D eigenvalue weighted by Crippen LogP contribution is -2.49. The predicted molar refractivity (Wildman–Crippen MR) is 151 cm³/mol. The van der Waals surface area contributed by atoms with Crippen molar-refractivity contribution in [2.45, 2.75) is 57.6 Å². The first-order chi connectivity index (χ1) is 19.4. The third-order valence-electron chi connectivity index (χ3n) is 8.16. The van der Waals surface area contributed by atoms with Crippen molar-refractivity contribution in [3.8, 4) is 22.8 Å². The molecule has 212 valence electrons. The number of nitrogens with zero attached hydrogens (tertiary/aromatic N) is 4. The molecule has 6 rings (SSSR count). The summed E-state index contributed by atoms with van der Waals surface area (Å²) in [6, 6.07) is 10.0. The number of fused-ring (bicyclic) bond motifs is 1. The van der Waals surface area contributed by atoms with Gasteiger partial charge in [-0.05, 0) is 63.5 Å². The lowest BCUT2D eigenvalue weighted by molar-refractivity contribution is -0.139. The summed E-state index contributed by atoms with van der Waals surface area (Å²) in [5, 5.41) is 5.01. The van der Waals surface area contributed by atoms with Crippen molar-refractivity contribution >= 4 is 16.8 Å². The third kappa shape index (κ3) is 5.25. The van der Waals surface area contributed by atoms with Gasteiger partial charge in [-0.25, -0.2) is 4.79 Å². The van der Waals surface area contributed by atoms with E-state index < -0.39 is 5.76 Å². The van der Waals surface area contributed by atoms with Gasteiger partial charge in [-0.3, -0.25) is 14.3 Å². The molecule has 0 radical (unpaired) electrons. The average Bonchev–Trinajstić information content (AvgIpc) is 3.66. The van der Waals surface area contributed by atoms with Crippen LogP contribution in [0.3, 0.4) is 0 Å². The van der Waals surface area contributed by atoms with Crippen molar-refractivity contribution in [3.63, 3.8) is 0 Å². The molecule has 1 atom stereocenters. The van der Waals surface area contributed by atoms with E-state index in [0.29, 0.717) is 31.4 Å². The maximum absolute atomic E-state index is 13.9. The number of benzene rings is 1. The molecular weight excluding hydrogens is 510 g/mol. The summed E-state index contributed by atoms with van der Waals surface area (Å²) in [7, 11) is 4.03. The summed E-state index contributed by atoms with van der Waals surface area (Å²) < 4.78 is 19.1. The summed E-state index contributed by atoms with van der Waals surface area (Å²) in [6.07, 6.45) is 5.81. The minimum atomic E-state index is -0.602. The Morgan fingerprint density at radius 1 is 1.15 bits per heavy atom. The van der Waals surface area contributed by atoms with E-state index in [1.165, 1.54) is 24.8 Å². The van der Waals surface area contributed by atoms with Crippen LogP contribution in [0, 0.1) is 6.92 Å². The number of carbonyl (C=O) groups is 1. The van der Waals surface area contributed by atoms with Gasteiger partial charge < -0.3 is 23.5 Å². The van der Waals surface area contributed by atoms with Crippen molar-refractivity contribution in [2.75, 3.05) is 40.3 Å². The number of morpholine rings is 1. The second-order valence-corrected chi connectivity index (χ2v) is 11.4. The molecule has 2 fully saturated rings. The number of hydrogen-bond donors (Lipinski definition) is 1. The quantitative estimate of drug-likeness (QED) is 0.365. The summed E-state index contributed by atoms with van der Waals surface area (Å²) in [5.74, 6) is 1.77. The Balaban J connectivity index is 1.48. The number of ether oxygens (including phenoxy) is 1. The van der Waals surface area contributed by atoms with Crippen LogP contribution >= 0.6 is 0 Å². The second kappa shape index (κ2) is 11.1. The van der Waals surface area contributed by atoms with Crippen LogP contribution in [0.2, 0.25) is 0 Å². The molecule has 1 N–H and O–H groups in total. The number of nitrogens with one attached hydrogen (secondary N) is 1. The Bertz CT molecular complexity index is 1550. The molecule has 1 saturated carbocycles. The fraction of sp³-hybridized carbons (Fsp3) is 0.500. The highest BCUT2D eigenvalue weighted by Crippen LogP contribution is 2.45. The van der Waals surface area contributed by atoms with Crippen LogP contribution in [0.15, 0.2) is 44.1 Å². The predicted octanol–water partition coefficient (Wildman–Crippen LogP) is 4.39. The van der Waals surface area contributed by atoms with Gasteiger partial charge in [0.1, 0.15) is 12.3 Å². The fourth-order valence-electron chi connectivity index (χ4n) is 6.37. The number of likely N-dealkylation sites (N-methyl/N-ethyl adjacent to an activating group) is 1. The van der Waals surface area contributed by atoms with E-state index >= 15 is 0 Å². The molecule has 0 spiro atoms. The first kappa shape index (κ1) is 26.6. The zero-order valence-corrected chi connectivity index (χ0v) is 23.4. The molecule has 1 amide bonds. The Labute approximate surface area is 232 Å². The number of amides is 1. The van der Waals surface area contributed by atoms with Gasteiger partial charge in [-0.2, -0.15) is 0 Å². The number of H-pyrrole nitrogens is 1. The summed E-state index contributed by atoms with van der Waals surface area (Å²) in [4.78, 5) is 32.3. The zero-order chi connectivity index (χ0) is 27.8. The molecule has 0 bridgehead atoms. The zero-order valence-electron chi connectivity index (χ0n) is 23.4. The van der Waals surface area contributed by atoms with Crippen molar-refractivity contribution < 1.29 is 18.5 Å². The number of aromatic amines is 1. The van der Waals surface area contributed by atoms with Crippen molar-refractivity contribution in [1.82, 2.24) is 24.5 Å². The van der Waals surface area contributed by atoms with E-state index in [2.05, 4.69) is 25.7 Å². The first-order valence-corrected chi connectivity index (χ1v) is 14.2. The molecule has 4 heterocycles. The molecular formula is C30H37N5O5. The van der Waals surface area contributed by atoms with Crippen molar-refractivity contribution in [2.24, 2.45) is 0 Å². The van der Waals surface area contributed by atoms with Crippen LogP contribution in [-0.2, 0) is 16.1 Å². The molecule has 1 saturated heterocycles. The van der Waals surface area contributed by atoms with E-state index in [9.17, 15) is 9.59 Å². The van der Waals surface area contributed by atoms with E-state index in [4.69, 9.17) is 13.7 Å². The van der Waals surface area contributed by atoms with Crippen LogP contribution in [0.5, 0.6) is 0 Å². The molecule has 10 heteroatoms. The van der Waals surface area contributed by atoms with Crippen molar-refractivity contribution in [1.29, 1.82) is 0 Å². The Morgan fingerprint density at radius 3 is 2.67 bits per heavy atom. The van der Waals surface area contributed by atoms with Gasteiger partial charge in [0.25, 0.3) is 0 Å². The van der Waals surface area contributed by atoms with Crippen LogP contribution in [-0.4, -0.2) is 76.9 Å². The van der Waals surface area contributed by atoms with Crippen LogP contribution in [0.1, 0.15) is 49.3 Å². The standard InChI is InChI=1S/C30H37N5O5/c1-19-9-12-25(39-19)28-27(20-7-5-4-6-8-20)23-11-10-21(29-31-30(37)40-32-29)15-24(23)35(28)18-26(36)34-13-14-38-22(17-34)16-33(2)3/h9-12,15,20,22H,4-8,13-14,16-18H2,1-3H3,(H,31,32,37). The first-order valence-electron chi connectivity index (χ1n) is 14.2. The van der Waals surface area contributed by atoms with Gasteiger partial charge in [0.15, 0.2) is 11.6 Å². The SMILES string of the molecule is Cc1ccc(-c2c(C3CCCCC3)c3ccc(-c4noc(=O)[nH]4)cc3n2CC(=O)N2CCOC(CN(C)C)C2)o1. The van der Waals surface area contributed by atoms with Crippen molar-refractivity contribution in [3.05, 3.63) is 52.2 Å². The van der Waals surface area contributed by atoms with Crippen LogP contribution in [0.25, 0.3) is 33.7 Å². The Hall–Kier alpha value is -3.63. The minimum Gasteiger partial charge on any atom is -0.460 e. The molecule has 4 aromatic rings. The van der Waals surface area contributed by atoms with Gasteiger partial charge >= 0.3 is 5.76 Å². The topological polar surface area (TPSA) is 110 Å². The van der Waals surface area contributed by atoms with Crippen LogP contribution in [0.4, 0.5) is 0 Å². The summed E-state index contributed by atoms with van der Waals surface area (Å²) in [6.45, 7) is 4.53. The molecule has 1 aliphatic heterocycles. The number of furan rings is 1. The van der Waals surface area contributed by atoms with Crippen LogP contribution < -0.4 is 5.76 Å². The van der Waals surface area contributed by atoms with Gasteiger partial charge in [0.2, 0.25) is 5.91 Å². The lowest BCUT2D eigenvalue weighted by Gasteiger charge is -2.34. The smallest absolute Gasteiger partial charge is 0.439 e. The molecule has 1 aliphatic carbocycles. The lowest BCUT2D eigenvalue weighted by atomic mass is 9.82. The molecule has 1 unspecified atom stereocenters. The highest BCUT2D eigenvalue weighted by molar-refractivity contribution is 5.95. The summed E-state index contributed by atoms with van der Waals surface area (Å²) in [5.41, 5.74) is 3.84. The number of hydrogen-bond acceptors (Lipinski definition) is 7. The van der Waals surface area contributed by atoms with Gasteiger partial charge in [0, 0.05) is 30.6 Å². The van der Waals surface area contributed by atoms with Gasteiger partial charge in [-0.1, -0.05) is 36.6 Å². The molecule has 40 heavy (non-hydrogen) atoms. The molecule has 1 aromatic carbocycles. The molecule has 10 nitrogen and oxygen atoms in total. The number of carbonyl (C=O) groups excluding carboxylic acids is 1. The maximum Gasteiger partial charge on any atom is 0.439 e. The molecule has 2 aliphatic rings. The summed E-state index contributed by atoms with van der Waals surface area (Å²) >= 11 is 0. The largest absolute Gasteiger partial charge is 0.460 e. The van der Waals surface area contributed by atoms with Gasteiger partial charge in [-0.15, -0.1) is 0 Å². The van der Waals surface area contributed by atoms with E-state index in [1.54, 1.807) is 0 Å². The number of aryl methyl sites for hydroxylation is 1. The monoisotopic (exact) mass is 547 g/mol. The maximum atomic E-state index is 13.9. The average molecular weight is 548 g/mol.